The zero-order valence-corrected chi connectivity index (χ0v) is 12.1. The SMILES string of the molecule is CS(=O)(=O)c1cc(N)cc(C(=O)N2CCC[C@H](O)C2)c1. The van der Waals surface area contributed by atoms with E-state index < -0.39 is 15.9 Å². The lowest BCUT2D eigenvalue weighted by Gasteiger charge is -2.30. The number of hydrogen-bond acceptors (Lipinski definition) is 5. The van der Waals surface area contributed by atoms with Gasteiger partial charge in [-0.25, -0.2) is 8.42 Å². The number of nitrogen functional groups attached to an aromatic ring is 1. The highest BCUT2D eigenvalue weighted by molar-refractivity contribution is 7.90. The van der Waals surface area contributed by atoms with Crippen molar-refractivity contribution < 1.29 is 18.3 Å². The average Bonchev–Trinajstić information content (AvgIpc) is 2.36. The second-order valence-electron chi connectivity index (χ2n) is 5.11. The predicted octanol–water partition coefficient (Wildman–Crippen LogP) is 0.269. The quantitative estimate of drug-likeness (QED) is 0.763. The molecule has 3 N–H and O–H groups in total. The zero-order chi connectivity index (χ0) is 14.9. The van der Waals surface area contributed by atoms with Gasteiger partial charge in [0.15, 0.2) is 9.84 Å². The molecule has 0 aromatic heterocycles. The predicted molar refractivity (Wildman–Crippen MR) is 75.1 cm³/mol. The fourth-order valence-corrected chi connectivity index (χ4v) is 2.97. The molecule has 6 nitrogen and oxygen atoms in total. The Morgan fingerprint density at radius 1 is 1.40 bits per heavy atom. The monoisotopic (exact) mass is 298 g/mol. The summed E-state index contributed by atoms with van der Waals surface area (Å²) >= 11 is 0. The van der Waals surface area contributed by atoms with Gasteiger partial charge in [0.1, 0.15) is 0 Å². The van der Waals surface area contributed by atoms with Crippen molar-refractivity contribution >= 4 is 21.4 Å². The van der Waals surface area contributed by atoms with Gasteiger partial charge in [0.25, 0.3) is 5.91 Å². The van der Waals surface area contributed by atoms with Crippen molar-refractivity contribution in [3.63, 3.8) is 0 Å². The molecule has 1 fully saturated rings. The second kappa shape index (κ2) is 5.41. The third-order valence-corrected chi connectivity index (χ3v) is 4.38. The maximum Gasteiger partial charge on any atom is 0.254 e. The van der Waals surface area contributed by atoms with E-state index in [-0.39, 0.29) is 28.6 Å². The zero-order valence-electron chi connectivity index (χ0n) is 11.2. The minimum absolute atomic E-state index is 0.0263. The molecular weight excluding hydrogens is 280 g/mol. The largest absolute Gasteiger partial charge is 0.399 e. The van der Waals surface area contributed by atoms with Crippen LogP contribution in [-0.2, 0) is 9.84 Å². The Bertz CT molecular complexity index is 627. The van der Waals surface area contributed by atoms with Crippen molar-refractivity contribution in [1.29, 1.82) is 0 Å². The number of carbonyl (C=O) groups is 1. The van der Waals surface area contributed by atoms with Gasteiger partial charge < -0.3 is 15.7 Å². The van der Waals surface area contributed by atoms with Gasteiger partial charge in [-0.15, -0.1) is 0 Å². The summed E-state index contributed by atoms with van der Waals surface area (Å²) in [5, 5.41) is 9.60. The van der Waals surface area contributed by atoms with Crippen molar-refractivity contribution in [2.75, 3.05) is 25.1 Å². The number of nitrogens with zero attached hydrogens (tertiary/aromatic N) is 1. The number of anilines is 1. The molecule has 0 saturated carbocycles. The third-order valence-electron chi connectivity index (χ3n) is 3.29. The maximum absolute atomic E-state index is 12.3. The number of hydrogen-bond donors (Lipinski definition) is 2. The van der Waals surface area contributed by atoms with Crippen LogP contribution in [0.25, 0.3) is 0 Å². The van der Waals surface area contributed by atoms with Crippen molar-refractivity contribution in [2.24, 2.45) is 0 Å². The standard InChI is InChI=1S/C13H18N2O4S/c1-20(18,19)12-6-9(5-10(14)7-12)13(17)15-4-2-3-11(16)8-15/h5-7,11,16H,2-4,8,14H2,1H3/t11-/m0/s1. The lowest BCUT2D eigenvalue weighted by Crippen LogP contribution is -2.42. The van der Waals surface area contributed by atoms with E-state index in [1.54, 1.807) is 0 Å². The Morgan fingerprint density at radius 3 is 2.70 bits per heavy atom. The van der Waals surface area contributed by atoms with Crippen LogP contribution < -0.4 is 5.73 Å². The van der Waals surface area contributed by atoms with Gasteiger partial charge in [0.2, 0.25) is 0 Å². The van der Waals surface area contributed by atoms with Crippen LogP contribution in [0.5, 0.6) is 0 Å². The first-order valence-electron chi connectivity index (χ1n) is 6.35. The van der Waals surface area contributed by atoms with E-state index in [1.807, 2.05) is 0 Å². The topological polar surface area (TPSA) is 101 Å². The first-order chi connectivity index (χ1) is 9.27. The number of aliphatic hydroxyl groups is 1. The van der Waals surface area contributed by atoms with E-state index in [0.29, 0.717) is 13.0 Å². The molecule has 1 heterocycles. The molecule has 2 rings (SSSR count). The van der Waals surface area contributed by atoms with Crippen LogP contribution in [0, 0.1) is 0 Å². The number of benzene rings is 1. The Balaban J connectivity index is 2.32. The molecule has 1 aromatic rings. The molecule has 1 aliphatic rings. The molecule has 20 heavy (non-hydrogen) atoms. The Labute approximate surface area is 118 Å². The normalized spacial score (nSPS) is 19.9. The van der Waals surface area contributed by atoms with Crippen molar-refractivity contribution in [1.82, 2.24) is 4.90 Å². The van der Waals surface area contributed by atoms with Gasteiger partial charge >= 0.3 is 0 Å². The Hall–Kier alpha value is -1.60. The molecule has 0 bridgehead atoms. The Morgan fingerprint density at radius 2 is 2.10 bits per heavy atom. The van der Waals surface area contributed by atoms with E-state index in [9.17, 15) is 18.3 Å². The average molecular weight is 298 g/mol. The number of β-amino-alcohol motifs (C(OH)–C–C–N with tert-alkyl or cyclic N) is 1. The number of nitrogens with two attached hydrogens (primary N) is 1. The number of aliphatic hydroxyl groups excluding tert-OH is 1. The van der Waals surface area contributed by atoms with Crippen molar-refractivity contribution in [3.8, 4) is 0 Å². The molecule has 0 unspecified atom stereocenters. The minimum atomic E-state index is -3.42. The highest BCUT2D eigenvalue weighted by Crippen LogP contribution is 2.20. The van der Waals surface area contributed by atoms with E-state index in [2.05, 4.69) is 0 Å². The van der Waals surface area contributed by atoms with Crippen LogP contribution >= 0.6 is 0 Å². The molecule has 7 heteroatoms. The second-order valence-corrected chi connectivity index (χ2v) is 7.13. The molecule has 0 radical (unpaired) electrons. The van der Waals surface area contributed by atoms with Gasteiger partial charge in [-0.1, -0.05) is 0 Å². The fourth-order valence-electron chi connectivity index (χ4n) is 2.28. The molecule has 1 saturated heterocycles. The highest BCUT2D eigenvalue weighted by atomic mass is 32.2. The lowest BCUT2D eigenvalue weighted by atomic mass is 10.1. The first-order valence-corrected chi connectivity index (χ1v) is 8.24. The molecular formula is C13H18N2O4S. The molecule has 1 amide bonds. The van der Waals surface area contributed by atoms with Crippen LogP contribution in [0.1, 0.15) is 23.2 Å². The fraction of sp³-hybridized carbons (Fsp3) is 0.462. The number of rotatable bonds is 2. The summed E-state index contributed by atoms with van der Waals surface area (Å²) in [6, 6.07) is 4.12. The van der Waals surface area contributed by atoms with Crippen LogP contribution in [0.3, 0.4) is 0 Å². The van der Waals surface area contributed by atoms with E-state index in [1.165, 1.54) is 23.1 Å². The summed E-state index contributed by atoms with van der Waals surface area (Å²) in [5.41, 5.74) is 6.13. The highest BCUT2D eigenvalue weighted by Gasteiger charge is 2.24. The number of carbonyl (C=O) groups excluding carboxylic acids is 1. The van der Waals surface area contributed by atoms with Gasteiger partial charge in [-0.3, -0.25) is 4.79 Å². The lowest BCUT2D eigenvalue weighted by molar-refractivity contribution is 0.0473. The van der Waals surface area contributed by atoms with Crippen LogP contribution in [0.15, 0.2) is 23.1 Å². The maximum atomic E-state index is 12.3. The third kappa shape index (κ3) is 3.29. The summed E-state index contributed by atoms with van der Waals surface area (Å²) in [6.07, 6.45) is 1.95. The van der Waals surface area contributed by atoms with E-state index >= 15 is 0 Å². The van der Waals surface area contributed by atoms with Crippen LogP contribution in [0.2, 0.25) is 0 Å². The van der Waals surface area contributed by atoms with Gasteiger partial charge in [0.05, 0.1) is 11.0 Å². The van der Waals surface area contributed by atoms with Crippen molar-refractivity contribution in [3.05, 3.63) is 23.8 Å². The molecule has 1 aliphatic heterocycles. The molecule has 110 valence electrons. The number of likely N-dealkylation sites (tertiary alicyclic amines) is 1. The minimum Gasteiger partial charge on any atom is -0.399 e. The Kier molecular flexibility index (Phi) is 4.01. The van der Waals surface area contributed by atoms with E-state index in [4.69, 9.17) is 5.73 Å². The number of amides is 1. The van der Waals surface area contributed by atoms with Gasteiger partial charge in [-0.05, 0) is 31.0 Å². The summed E-state index contributed by atoms with van der Waals surface area (Å²) in [4.78, 5) is 13.9. The summed E-state index contributed by atoms with van der Waals surface area (Å²) in [6.45, 7) is 0.820. The van der Waals surface area contributed by atoms with Crippen LogP contribution in [0.4, 0.5) is 5.69 Å². The number of piperidine rings is 1. The van der Waals surface area contributed by atoms with Gasteiger partial charge in [0, 0.05) is 30.6 Å². The summed E-state index contributed by atoms with van der Waals surface area (Å²) in [5.74, 6) is -0.305. The molecule has 0 spiro atoms. The summed E-state index contributed by atoms with van der Waals surface area (Å²) in [7, 11) is -3.42. The van der Waals surface area contributed by atoms with Crippen LogP contribution in [-0.4, -0.2) is 49.8 Å². The van der Waals surface area contributed by atoms with E-state index in [0.717, 1.165) is 12.7 Å². The smallest absolute Gasteiger partial charge is 0.254 e. The molecule has 0 aliphatic carbocycles. The van der Waals surface area contributed by atoms with Gasteiger partial charge in [-0.2, -0.15) is 0 Å². The van der Waals surface area contributed by atoms with Crippen molar-refractivity contribution in [2.45, 2.75) is 23.8 Å². The molecule has 1 aromatic carbocycles. The first kappa shape index (κ1) is 14.8. The number of sulfone groups is 1. The molecule has 1 atom stereocenters. The summed E-state index contributed by atoms with van der Waals surface area (Å²) < 4.78 is 23.1.